The summed E-state index contributed by atoms with van der Waals surface area (Å²) >= 11 is 0. The Morgan fingerprint density at radius 1 is 1.78 bits per heavy atom. The van der Waals surface area contributed by atoms with Gasteiger partial charge in [-0.25, -0.2) is 9.57 Å². The molecule has 1 rings (SSSR count). The van der Waals surface area contributed by atoms with E-state index in [1.165, 1.54) is 0 Å². The minimum Gasteiger partial charge on any atom is -0.325 e. The number of aliphatic imine (C=N–C) groups is 1. The number of rotatable bonds is 2. The molecule has 0 saturated carbocycles. The Morgan fingerprint density at radius 3 is 3.00 bits per heavy atom. The van der Waals surface area contributed by atoms with E-state index >= 15 is 0 Å². The third-order valence-electron chi connectivity index (χ3n) is 1.43. The molecule has 3 heteroatoms. The predicted molar refractivity (Wildman–Crippen MR) is 38.2 cm³/mol. The van der Waals surface area contributed by atoms with Gasteiger partial charge in [-0.3, -0.25) is 0 Å². The number of hydrogen-bond acceptors (Lipinski definition) is 2. The summed E-state index contributed by atoms with van der Waals surface area (Å²) in [6.07, 6.45) is 4.09. The summed E-state index contributed by atoms with van der Waals surface area (Å²) in [4.78, 5) is 4.13. The lowest BCUT2D eigenvalue weighted by atomic mass is 10.5. The smallest absolute Gasteiger partial charge is 0.242 e. The molecule has 0 bridgehead atoms. The van der Waals surface area contributed by atoms with Crippen molar-refractivity contribution in [3.05, 3.63) is 0 Å². The standard InChI is InChI=1S/C6H12N3/c1-6-8-3-5-9(6)4-2-7/h3,5-6H,2,4,7H2,1H3/q+1. The first kappa shape index (κ1) is 6.42. The quantitative estimate of drug-likeness (QED) is 0.496. The molecule has 0 amide bonds. The van der Waals surface area contributed by atoms with Gasteiger partial charge < -0.3 is 5.73 Å². The monoisotopic (exact) mass is 126 g/mol. The lowest BCUT2D eigenvalue weighted by Gasteiger charge is -1.99. The predicted octanol–water partition coefficient (Wildman–Crippen LogP) is -0.541. The second kappa shape index (κ2) is 2.73. The molecular weight excluding hydrogens is 114 g/mol. The first-order valence-electron chi connectivity index (χ1n) is 3.17. The van der Waals surface area contributed by atoms with Crippen LogP contribution < -0.4 is 5.73 Å². The van der Waals surface area contributed by atoms with E-state index in [4.69, 9.17) is 5.73 Å². The van der Waals surface area contributed by atoms with Crippen LogP contribution in [0.15, 0.2) is 4.99 Å². The van der Waals surface area contributed by atoms with E-state index in [1.54, 1.807) is 0 Å². The van der Waals surface area contributed by atoms with Crippen LogP contribution in [0.25, 0.3) is 0 Å². The summed E-state index contributed by atoms with van der Waals surface area (Å²) in [6.45, 7) is 3.65. The molecule has 1 aliphatic rings. The third-order valence-corrected chi connectivity index (χ3v) is 1.43. The molecule has 2 N–H and O–H groups in total. The molecule has 3 nitrogen and oxygen atoms in total. The molecular formula is C6H12N3+. The lowest BCUT2D eigenvalue weighted by molar-refractivity contribution is -0.549. The van der Waals surface area contributed by atoms with Crippen LogP contribution in [0.4, 0.5) is 0 Å². The first-order valence-corrected chi connectivity index (χ1v) is 3.17. The molecule has 0 aromatic carbocycles. The van der Waals surface area contributed by atoms with Gasteiger partial charge in [0.2, 0.25) is 6.17 Å². The highest BCUT2D eigenvalue weighted by molar-refractivity contribution is 6.14. The highest BCUT2D eigenvalue weighted by atomic mass is 15.2. The molecule has 0 spiro atoms. The van der Waals surface area contributed by atoms with Gasteiger partial charge in [0.15, 0.2) is 12.8 Å². The Labute approximate surface area is 54.9 Å². The fraction of sp³-hybridized carbons (Fsp3) is 0.667. The minimum absolute atomic E-state index is 0.300. The molecule has 0 radical (unpaired) electrons. The molecule has 1 unspecified atom stereocenters. The van der Waals surface area contributed by atoms with Gasteiger partial charge in [-0.1, -0.05) is 0 Å². The molecule has 0 fully saturated rings. The van der Waals surface area contributed by atoms with Crippen molar-refractivity contribution in [1.29, 1.82) is 0 Å². The van der Waals surface area contributed by atoms with Crippen LogP contribution in [0, 0.1) is 0 Å². The van der Waals surface area contributed by atoms with Crippen molar-refractivity contribution < 1.29 is 4.58 Å². The van der Waals surface area contributed by atoms with E-state index in [0.29, 0.717) is 12.7 Å². The van der Waals surface area contributed by atoms with Crippen LogP contribution in [-0.2, 0) is 0 Å². The van der Waals surface area contributed by atoms with E-state index in [1.807, 2.05) is 12.4 Å². The van der Waals surface area contributed by atoms with Crippen LogP contribution in [0.5, 0.6) is 0 Å². The normalized spacial score (nSPS) is 24.7. The van der Waals surface area contributed by atoms with Crippen molar-refractivity contribution in [2.75, 3.05) is 13.1 Å². The van der Waals surface area contributed by atoms with Crippen molar-refractivity contribution >= 4 is 12.4 Å². The van der Waals surface area contributed by atoms with E-state index in [2.05, 4.69) is 16.5 Å². The second-order valence-corrected chi connectivity index (χ2v) is 2.11. The number of nitrogens with two attached hydrogens (primary N) is 1. The molecule has 1 heterocycles. The fourth-order valence-corrected chi connectivity index (χ4v) is 0.869. The van der Waals surface area contributed by atoms with Crippen molar-refractivity contribution in [3.8, 4) is 0 Å². The molecule has 50 valence electrons. The summed E-state index contributed by atoms with van der Waals surface area (Å²) in [6, 6.07) is 0. The van der Waals surface area contributed by atoms with Crippen molar-refractivity contribution in [3.63, 3.8) is 0 Å². The van der Waals surface area contributed by atoms with Gasteiger partial charge >= 0.3 is 0 Å². The van der Waals surface area contributed by atoms with Gasteiger partial charge in [0.05, 0.1) is 12.8 Å². The molecule has 0 aromatic rings. The maximum atomic E-state index is 5.35. The average molecular weight is 126 g/mol. The number of hydrogen-bond donors (Lipinski definition) is 1. The van der Waals surface area contributed by atoms with Gasteiger partial charge in [-0.05, 0) is 0 Å². The largest absolute Gasteiger partial charge is 0.325 e. The SMILES string of the molecule is CC1N=CC=[N+]1CCN. The molecule has 9 heavy (non-hydrogen) atoms. The van der Waals surface area contributed by atoms with E-state index < -0.39 is 0 Å². The van der Waals surface area contributed by atoms with Gasteiger partial charge in [-0.15, -0.1) is 0 Å². The maximum Gasteiger partial charge on any atom is 0.242 e. The average Bonchev–Trinajstić information content (AvgIpc) is 2.18. The Bertz CT molecular complexity index is 148. The molecule has 0 saturated heterocycles. The van der Waals surface area contributed by atoms with E-state index in [-0.39, 0.29) is 0 Å². The minimum atomic E-state index is 0.300. The summed E-state index contributed by atoms with van der Waals surface area (Å²) in [7, 11) is 0. The first-order chi connectivity index (χ1) is 4.34. The van der Waals surface area contributed by atoms with Gasteiger partial charge in [-0.2, -0.15) is 0 Å². The van der Waals surface area contributed by atoms with Crippen molar-refractivity contribution in [1.82, 2.24) is 0 Å². The van der Waals surface area contributed by atoms with Gasteiger partial charge in [0.25, 0.3) is 0 Å². The fourth-order valence-electron chi connectivity index (χ4n) is 0.869. The Kier molecular flexibility index (Phi) is 1.95. The summed E-state index contributed by atoms with van der Waals surface area (Å²) < 4.78 is 2.11. The zero-order valence-corrected chi connectivity index (χ0v) is 5.62. The third kappa shape index (κ3) is 1.36. The molecule has 0 aromatic heterocycles. The van der Waals surface area contributed by atoms with Crippen molar-refractivity contribution in [2.24, 2.45) is 10.7 Å². The van der Waals surface area contributed by atoms with Crippen LogP contribution in [0.2, 0.25) is 0 Å². The molecule has 1 atom stereocenters. The summed E-state index contributed by atoms with van der Waals surface area (Å²) in [5.74, 6) is 0. The zero-order valence-electron chi connectivity index (χ0n) is 5.62. The van der Waals surface area contributed by atoms with Crippen LogP contribution >= 0.6 is 0 Å². The van der Waals surface area contributed by atoms with Crippen LogP contribution in [0.3, 0.4) is 0 Å². The second-order valence-electron chi connectivity index (χ2n) is 2.11. The number of nitrogens with zero attached hydrogens (tertiary/aromatic N) is 2. The highest BCUT2D eigenvalue weighted by Gasteiger charge is 2.14. The molecule has 0 aliphatic carbocycles. The topological polar surface area (TPSA) is 41.4 Å². The van der Waals surface area contributed by atoms with E-state index in [0.717, 1.165) is 6.54 Å². The van der Waals surface area contributed by atoms with Crippen LogP contribution in [0.1, 0.15) is 6.92 Å². The highest BCUT2D eigenvalue weighted by Crippen LogP contribution is 1.93. The lowest BCUT2D eigenvalue weighted by Crippen LogP contribution is -2.24. The Morgan fingerprint density at radius 2 is 2.56 bits per heavy atom. The molecule has 1 aliphatic heterocycles. The van der Waals surface area contributed by atoms with Crippen molar-refractivity contribution in [2.45, 2.75) is 13.1 Å². The summed E-state index contributed by atoms with van der Waals surface area (Å²) in [5, 5.41) is 0. The Hall–Kier alpha value is -0.700. The zero-order chi connectivity index (χ0) is 6.69. The summed E-state index contributed by atoms with van der Waals surface area (Å²) in [5.41, 5.74) is 5.35. The van der Waals surface area contributed by atoms with Gasteiger partial charge in [0.1, 0.15) is 0 Å². The maximum absolute atomic E-state index is 5.35. The van der Waals surface area contributed by atoms with E-state index in [9.17, 15) is 0 Å². The Balaban J connectivity index is 2.44. The van der Waals surface area contributed by atoms with Crippen LogP contribution in [-0.4, -0.2) is 36.3 Å². The van der Waals surface area contributed by atoms with Gasteiger partial charge in [0, 0.05) is 6.92 Å².